The van der Waals surface area contributed by atoms with Gasteiger partial charge in [0.05, 0.1) is 15.1 Å². The number of fused-ring (bicyclic) bond motifs is 1. The molecule has 9 heteroatoms. The zero-order valence-electron chi connectivity index (χ0n) is 16.6. The number of benzene rings is 2. The van der Waals surface area contributed by atoms with Crippen molar-refractivity contribution in [1.82, 2.24) is 9.29 Å². The van der Waals surface area contributed by atoms with Crippen molar-refractivity contribution in [3.63, 3.8) is 0 Å². The number of hydrogen-bond acceptors (Lipinski definition) is 5. The fraction of sp³-hybridized carbons (Fsp3) is 0.333. The topological polar surface area (TPSA) is 79.4 Å². The number of halogens is 1. The van der Waals surface area contributed by atoms with E-state index < -0.39 is 15.9 Å². The first-order valence-corrected chi connectivity index (χ1v) is 12.0. The number of sulfonamides is 1. The summed E-state index contributed by atoms with van der Waals surface area (Å²) >= 11 is 1.18. The lowest BCUT2D eigenvalue weighted by atomic mass is 9.94. The molecule has 1 fully saturated rings. The number of thiazole rings is 1. The number of hydrogen-bond donors (Lipinski definition) is 1. The second-order valence-corrected chi connectivity index (χ2v) is 10.8. The maximum atomic E-state index is 13.3. The molecule has 1 N–H and O–H groups in total. The Morgan fingerprint density at radius 3 is 2.47 bits per heavy atom. The molecule has 2 heterocycles. The van der Waals surface area contributed by atoms with Crippen molar-refractivity contribution in [3.05, 3.63) is 53.8 Å². The minimum atomic E-state index is -3.59. The lowest BCUT2D eigenvalue weighted by Crippen LogP contribution is -2.42. The normalized spacial score (nSPS) is 20.4. The molecule has 158 valence electrons. The molecular formula is C21H22FN3O3S2. The molecule has 0 saturated carbocycles. The molecular weight excluding hydrogens is 425 g/mol. The molecule has 3 aromatic rings. The lowest BCUT2D eigenvalue weighted by molar-refractivity contribution is 0.102. The summed E-state index contributed by atoms with van der Waals surface area (Å²) in [5.74, 6) is -0.135. The third-order valence-electron chi connectivity index (χ3n) is 5.16. The minimum Gasteiger partial charge on any atom is -0.298 e. The van der Waals surface area contributed by atoms with Crippen LogP contribution in [0.1, 0.15) is 30.6 Å². The van der Waals surface area contributed by atoms with Crippen LogP contribution in [0, 0.1) is 17.7 Å². The third-order valence-corrected chi connectivity index (χ3v) is 7.94. The second-order valence-electron chi connectivity index (χ2n) is 7.88. The Hall–Kier alpha value is -2.36. The Kier molecular flexibility index (Phi) is 5.61. The van der Waals surface area contributed by atoms with Gasteiger partial charge in [-0.25, -0.2) is 17.8 Å². The largest absolute Gasteiger partial charge is 0.298 e. The van der Waals surface area contributed by atoms with Crippen LogP contribution in [0.15, 0.2) is 47.4 Å². The quantitative estimate of drug-likeness (QED) is 0.645. The van der Waals surface area contributed by atoms with Crippen LogP contribution in [0.25, 0.3) is 10.2 Å². The van der Waals surface area contributed by atoms with E-state index >= 15 is 0 Å². The molecule has 2 aromatic carbocycles. The molecule has 1 aromatic heterocycles. The predicted octanol–water partition coefficient (Wildman–Crippen LogP) is 4.35. The zero-order chi connectivity index (χ0) is 21.5. The van der Waals surface area contributed by atoms with Crippen LogP contribution < -0.4 is 5.32 Å². The molecule has 6 nitrogen and oxygen atoms in total. The van der Waals surface area contributed by atoms with Crippen LogP contribution in [0.3, 0.4) is 0 Å². The summed E-state index contributed by atoms with van der Waals surface area (Å²) in [5.41, 5.74) is 0.919. The summed E-state index contributed by atoms with van der Waals surface area (Å²) < 4.78 is 41.4. The standard InChI is InChI=1S/C21H22FN3O3S2/c1-13-9-14(2)12-25(11-13)30(27,28)17-6-3-15(4-7-17)20(26)24-21-23-18-8-5-16(22)10-19(18)29-21/h3-8,10,13-14H,9,11-12H2,1-2H3,(H,23,24,26)/t13-,14+. The third kappa shape index (κ3) is 4.23. The van der Waals surface area contributed by atoms with Crippen molar-refractivity contribution in [2.75, 3.05) is 18.4 Å². The van der Waals surface area contributed by atoms with Gasteiger partial charge < -0.3 is 0 Å². The van der Waals surface area contributed by atoms with Gasteiger partial charge in [-0.1, -0.05) is 25.2 Å². The SMILES string of the molecule is C[C@@H]1C[C@H](C)CN(S(=O)(=O)c2ccc(C(=O)Nc3nc4ccc(F)cc4s3)cc2)C1. The van der Waals surface area contributed by atoms with Crippen molar-refractivity contribution < 1.29 is 17.6 Å². The highest BCUT2D eigenvalue weighted by atomic mass is 32.2. The van der Waals surface area contributed by atoms with Crippen LogP contribution in [-0.2, 0) is 10.0 Å². The predicted molar refractivity (Wildman–Crippen MR) is 116 cm³/mol. The molecule has 2 atom stereocenters. The van der Waals surface area contributed by atoms with Gasteiger partial charge in [-0.2, -0.15) is 4.31 Å². The number of amides is 1. The maximum absolute atomic E-state index is 13.3. The molecule has 0 unspecified atom stereocenters. The smallest absolute Gasteiger partial charge is 0.257 e. The molecule has 4 rings (SSSR count). The maximum Gasteiger partial charge on any atom is 0.257 e. The Morgan fingerprint density at radius 2 is 1.80 bits per heavy atom. The average molecular weight is 448 g/mol. The van der Waals surface area contributed by atoms with Crippen molar-refractivity contribution in [1.29, 1.82) is 0 Å². The number of nitrogens with one attached hydrogen (secondary N) is 1. The van der Waals surface area contributed by atoms with Crippen LogP contribution in [0.5, 0.6) is 0 Å². The highest BCUT2D eigenvalue weighted by Gasteiger charge is 2.31. The summed E-state index contributed by atoms with van der Waals surface area (Å²) in [6, 6.07) is 10.1. The van der Waals surface area contributed by atoms with E-state index in [0.717, 1.165) is 6.42 Å². The van der Waals surface area contributed by atoms with Crippen molar-refractivity contribution in [2.45, 2.75) is 25.2 Å². The van der Waals surface area contributed by atoms with Gasteiger partial charge in [0.1, 0.15) is 5.82 Å². The number of aromatic nitrogens is 1. The van der Waals surface area contributed by atoms with Gasteiger partial charge in [0, 0.05) is 18.7 Å². The summed E-state index contributed by atoms with van der Waals surface area (Å²) in [6.07, 6.45) is 1.02. The average Bonchev–Trinajstić information content (AvgIpc) is 3.08. The Bertz CT molecular complexity index is 1180. The van der Waals surface area contributed by atoms with E-state index in [9.17, 15) is 17.6 Å². The van der Waals surface area contributed by atoms with Gasteiger partial charge in [-0.3, -0.25) is 10.1 Å². The van der Waals surface area contributed by atoms with Gasteiger partial charge >= 0.3 is 0 Å². The van der Waals surface area contributed by atoms with Crippen molar-refractivity contribution >= 4 is 42.6 Å². The first kappa shape index (κ1) is 20.9. The van der Waals surface area contributed by atoms with E-state index in [0.29, 0.717) is 45.8 Å². The van der Waals surface area contributed by atoms with Crippen LogP contribution in [0.2, 0.25) is 0 Å². The summed E-state index contributed by atoms with van der Waals surface area (Å²) in [5, 5.41) is 3.04. The highest BCUT2D eigenvalue weighted by Crippen LogP contribution is 2.28. The van der Waals surface area contributed by atoms with E-state index in [4.69, 9.17) is 0 Å². The fourth-order valence-corrected chi connectivity index (χ4v) is 6.42. The number of piperidine rings is 1. The van der Waals surface area contributed by atoms with Crippen LogP contribution in [-0.4, -0.2) is 36.7 Å². The minimum absolute atomic E-state index is 0.177. The van der Waals surface area contributed by atoms with Crippen molar-refractivity contribution in [3.8, 4) is 0 Å². The first-order chi connectivity index (χ1) is 14.2. The first-order valence-electron chi connectivity index (χ1n) is 9.70. The number of nitrogens with zero attached hydrogens (tertiary/aromatic N) is 2. The monoisotopic (exact) mass is 447 g/mol. The number of anilines is 1. The molecule has 0 spiro atoms. The molecule has 30 heavy (non-hydrogen) atoms. The van der Waals surface area contributed by atoms with E-state index in [1.807, 2.05) is 0 Å². The number of carbonyl (C=O) groups is 1. The van der Waals surface area contributed by atoms with Gasteiger partial charge in [0.15, 0.2) is 5.13 Å². The number of rotatable bonds is 4. The van der Waals surface area contributed by atoms with Crippen LogP contribution in [0.4, 0.5) is 9.52 Å². The summed E-state index contributed by atoms with van der Waals surface area (Å²) in [7, 11) is -3.59. The molecule has 1 aliphatic rings. The Morgan fingerprint density at radius 1 is 1.13 bits per heavy atom. The molecule has 0 aliphatic carbocycles. The van der Waals surface area contributed by atoms with Gasteiger partial charge in [0.25, 0.3) is 5.91 Å². The lowest BCUT2D eigenvalue weighted by Gasteiger charge is -2.34. The zero-order valence-corrected chi connectivity index (χ0v) is 18.3. The van der Waals surface area contributed by atoms with E-state index in [1.165, 1.54) is 52.0 Å². The second kappa shape index (κ2) is 8.05. The number of carbonyl (C=O) groups excluding carboxylic acids is 1. The Labute approximate surface area is 178 Å². The van der Waals surface area contributed by atoms with Gasteiger partial charge in [-0.05, 0) is 60.7 Å². The fourth-order valence-electron chi connectivity index (χ4n) is 3.85. The molecule has 0 bridgehead atoms. The molecule has 1 aliphatic heterocycles. The van der Waals surface area contributed by atoms with E-state index in [1.54, 1.807) is 6.07 Å². The van der Waals surface area contributed by atoms with Crippen LogP contribution >= 0.6 is 11.3 Å². The summed E-state index contributed by atoms with van der Waals surface area (Å²) in [4.78, 5) is 17.0. The molecule has 1 amide bonds. The molecule has 1 saturated heterocycles. The van der Waals surface area contributed by atoms with Gasteiger partial charge in [-0.15, -0.1) is 0 Å². The Balaban J connectivity index is 1.50. The molecule has 0 radical (unpaired) electrons. The van der Waals surface area contributed by atoms with Crippen molar-refractivity contribution in [2.24, 2.45) is 11.8 Å². The summed E-state index contributed by atoms with van der Waals surface area (Å²) in [6.45, 7) is 5.13. The van der Waals surface area contributed by atoms with E-state index in [2.05, 4.69) is 24.1 Å². The highest BCUT2D eigenvalue weighted by molar-refractivity contribution is 7.89. The van der Waals surface area contributed by atoms with E-state index in [-0.39, 0.29) is 10.7 Å². The van der Waals surface area contributed by atoms with Gasteiger partial charge in [0.2, 0.25) is 10.0 Å².